The van der Waals surface area contributed by atoms with Crippen molar-refractivity contribution < 1.29 is 8.42 Å². The molecule has 1 saturated heterocycles. The Balaban J connectivity index is 1.77. The topological polar surface area (TPSA) is 61.4 Å². The fourth-order valence-electron chi connectivity index (χ4n) is 3.70. The van der Waals surface area contributed by atoms with Crippen LogP contribution >= 0.6 is 0 Å². The van der Waals surface area contributed by atoms with Gasteiger partial charge >= 0.3 is 0 Å². The first-order valence-corrected chi connectivity index (χ1v) is 9.84. The highest BCUT2D eigenvalue weighted by molar-refractivity contribution is 7.87. The lowest BCUT2D eigenvalue weighted by atomic mass is 9.83. The first-order valence-electron chi connectivity index (χ1n) is 8.40. The normalized spacial score (nSPS) is 29.6. The molecule has 2 unspecified atom stereocenters. The van der Waals surface area contributed by atoms with Gasteiger partial charge in [0.05, 0.1) is 0 Å². The zero-order valence-electron chi connectivity index (χ0n) is 13.5. The lowest BCUT2D eigenvalue weighted by Gasteiger charge is -2.32. The number of nitrogens with zero attached hydrogens (tertiary/aromatic N) is 1. The molecule has 2 fully saturated rings. The minimum absolute atomic E-state index is 0.519. The van der Waals surface area contributed by atoms with Crippen molar-refractivity contribution in [2.45, 2.75) is 45.4 Å². The Bertz CT molecular complexity index is 405. The van der Waals surface area contributed by atoms with Crippen molar-refractivity contribution in [2.75, 3.05) is 33.2 Å². The summed E-state index contributed by atoms with van der Waals surface area (Å²) in [6, 6.07) is 0. The van der Waals surface area contributed by atoms with E-state index in [0.717, 1.165) is 38.1 Å². The molecule has 2 rings (SSSR count). The van der Waals surface area contributed by atoms with Crippen molar-refractivity contribution in [1.29, 1.82) is 0 Å². The lowest BCUT2D eigenvalue weighted by Crippen LogP contribution is -2.47. The van der Waals surface area contributed by atoms with Gasteiger partial charge in [-0.15, -0.1) is 0 Å². The standard InChI is InChI=1S/C15H31N3O2S/c1-13-4-3-5-15(10-13)12-17-21(19,20)18-8-6-14(7-9-18)11-16-2/h13-17H,3-12H2,1-2H3. The monoisotopic (exact) mass is 317 g/mol. The molecule has 0 spiro atoms. The van der Waals surface area contributed by atoms with Crippen molar-refractivity contribution in [3.63, 3.8) is 0 Å². The van der Waals surface area contributed by atoms with Gasteiger partial charge in [-0.25, -0.2) is 4.72 Å². The summed E-state index contributed by atoms with van der Waals surface area (Å²) in [6.45, 7) is 5.18. The molecule has 0 aromatic rings. The van der Waals surface area contributed by atoms with Gasteiger partial charge in [-0.1, -0.05) is 19.8 Å². The molecule has 0 aromatic carbocycles. The van der Waals surface area contributed by atoms with Crippen molar-refractivity contribution in [3.8, 4) is 0 Å². The van der Waals surface area contributed by atoms with Crippen molar-refractivity contribution in [3.05, 3.63) is 0 Å². The van der Waals surface area contributed by atoms with Crippen LogP contribution in [0.2, 0.25) is 0 Å². The first kappa shape index (κ1) is 17.2. The van der Waals surface area contributed by atoms with E-state index in [1.807, 2.05) is 7.05 Å². The zero-order valence-corrected chi connectivity index (χ0v) is 14.3. The van der Waals surface area contributed by atoms with Crippen LogP contribution < -0.4 is 10.0 Å². The minimum atomic E-state index is -3.28. The third-order valence-electron chi connectivity index (χ3n) is 5.01. The van der Waals surface area contributed by atoms with E-state index in [0.29, 0.717) is 31.5 Å². The summed E-state index contributed by atoms with van der Waals surface area (Å²) in [7, 11) is -1.32. The Hall–Kier alpha value is -0.170. The summed E-state index contributed by atoms with van der Waals surface area (Å²) in [6.07, 6.45) is 6.78. The second-order valence-electron chi connectivity index (χ2n) is 6.89. The quantitative estimate of drug-likeness (QED) is 0.782. The molecule has 0 bridgehead atoms. The largest absolute Gasteiger partial charge is 0.319 e. The fourth-order valence-corrected chi connectivity index (χ4v) is 5.02. The summed E-state index contributed by atoms with van der Waals surface area (Å²) < 4.78 is 29.2. The summed E-state index contributed by atoms with van der Waals surface area (Å²) >= 11 is 0. The van der Waals surface area contributed by atoms with E-state index in [4.69, 9.17) is 0 Å². The van der Waals surface area contributed by atoms with Crippen molar-refractivity contribution in [2.24, 2.45) is 17.8 Å². The van der Waals surface area contributed by atoms with Gasteiger partial charge in [0.15, 0.2) is 0 Å². The third kappa shape index (κ3) is 5.20. The molecule has 2 N–H and O–H groups in total. The average Bonchev–Trinajstić information content (AvgIpc) is 2.46. The molecular formula is C15H31N3O2S. The molecule has 6 heteroatoms. The van der Waals surface area contributed by atoms with Crippen molar-refractivity contribution >= 4 is 10.2 Å². The van der Waals surface area contributed by atoms with Gasteiger partial charge in [0.25, 0.3) is 10.2 Å². The van der Waals surface area contributed by atoms with Crippen LogP contribution in [0.1, 0.15) is 45.4 Å². The molecule has 5 nitrogen and oxygen atoms in total. The summed E-state index contributed by atoms with van der Waals surface area (Å²) in [5.74, 6) is 1.87. The second-order valence-corrected chi connectivity index (χ2v) is 8.65. The van der Waals surface area contributed by atoms with Gasteiger partial charge in [-0.3, -0.25) is 0 Å². The van der Waals surface area contributed by atoms with Gasteiger partial charge in [0, 0.05) is 19.6 Å². The van der Waals surface area contributed by atoms with Crippen LogP contribution in [-0.4, -0.2) is 45.9 Å². The molecule has 2 aliphatic rings. The Labute approximate surface area is 130 Å². The van der Waals surface area contributed by atoms with E-state index >= 15 is 0 Å². The van der Waals surface area contributed by atoms with Gasteiger partial charge in [-0.05, 0) is 57.0 Å². The number of hydrogen-bond acceptors (Lipinski definition) is 3. The molecule has 21 heavy (non-hydrogen) atoms. The van der Waals surface area contributed by atoms with E-state index < -0.39 is 10.2 Å². The van der Waals surface area contributed by atoms with E-state index in [-0.39, 0.29) is 0 Å². The molecular weight excluding hydrogens is 286 g/mol. The predicted molar refractivity (Wildman–Crippen MR) is 86.3 cm³/mol. The third-order valence-corrected chi connectivity index (χ3v) is 6.58. The highest BCUT2D eigenvalue weighted by Gasteiger charge is 2.28. The molecule has 0 amide bonds. The lowest BCUT2D eigenvalue weighted by molar-refractivity contribution is 0.260. The Kier molecular flexibility index (Phi) is 6.47. The van der Waals surface area contributed by atoms with Crippen LogP contribution in [0.15, 0.2) is 0 Å². The zero-order chi connectivity index (χ0) is 15.3. The predicted octanol–water partition coefficient (Wildman–Crippen LogP) is 1.58. The molecule has 1 saturated carbocycles. The Morgan fingerprint density at radius 3 is 2.38 bits per heavy atom. The van der Waals surface area contributed by atoms with Crippen LogP contribution in [0.3, 0.4) is 0 Å². The maximum atomic E-state index is 12.4. The Morgan fingerprint density at radius 2 is 1.76 bits per heavy atom. The van der Waals surface area contributed by atoms with Gasteiger partial charge in [-0.2, -0.15) is 12.7 Å². The van der Waals surface area contributed by atoms with E-state index in [1.54, 1.807) is 4.31 Å². The molecule has 1 aliphatic heterocycles. The smallest absolute Gasteiger partial charge is 0.279 e. The summed E-state index contributed by atoms with van der Waals surface area (Å²) in [5, 5.41) is 3.18. The maximum absolute atomic E-state index is 12.4. The first-order chi connectivity index (χ1) is 10.0. The fraction of sp³-hybridized carbons (Fsp3) is 1.00. The second kappa shape index (κ2) is 7.90. The SMILES string of the molecule is CNCC1CCN(S(=O)(=O)NCC2CCCC(C)C2)CC1. The molecule has 124 valence electrons. The summed E-state index contributed by atoms with van der Waals surface area (Å²) in [4.78, 5) is 0. The van der Waals surface area contributed by atoms with Crippen LogP contribution in [-0.2, 0) is 10.2 Å². The van der Waals surface area contributed by atoms with Crippen molar-refractivity contribution in [1.82, 2.24) is 14.3 Å². The highest BCUT2D eigenvalue weighted by atomic mass is 32.2. The molecule has 1 heterocycles. The number of nitrogens with one attached hydrogen (secondary N) is 2. The van der Waals surface area contributed by atoms with E-state index in [2.05, 4.69) is 17.0 Å². The summed E-state index contributed by atoms with van der Waals surface area (Å²) in [5.41, 5.74) is 0. The maximum Gasteiger partial charge on any atom is 0.279 e. The molecule has 0 radical (unpaired) electrons. The molecule has 0 aromatic heterocycles. The van der Waals surface area contributed by atoms with Gasteiger partial charge < -0.3 is 5.32 Å². The molecule has 1 aliphatic carbocycles. The number of piperidine rings is 1. The van der Waals surface area contributed by atoms with Crippen LogP contribution in [0, 0.1) is 17.8 Å². The van der Waals surface area contributed by atoms with E-state index in [1.165, 1.54) is 12.8 Å². The minimum Gasteiger partial charge on any atom is -0.319 e. The van der Waals surface area contributed by atoms with Crippen LogP contribution in [0.5, 0.6) is 0 Å². The number of rotatable bonds is 6. The Morgan fingerprint density at radius 1 is 1.05 bits per heavy atom. The van der Waals surface area contributed by atoms with Gasteiger partial charge in [0.1, 0.15) is 0 Å². The number of hydrogen-bond donors (Lipinski definition) is 2. The van der Waals surface area contributed by atoms with Crippen LogP contribution in [0.4, 0.5) is 0 Å². The average molecular weight is 317 g/mol. The van der Waals surface area contributed by atoms with E-state index in [9.17, 15) is 8.42 Å². The highest BCUT2D eigenvalue weighted by Crippen LogP contribution is 2.28. The molecule has 2 atom stereocenters. The van der Waals surface area contributed by atoms with Crippen LogP contribution in [0.25, 0.3) is 0 Å². The van der Waals surface area contributed by atoms with Gasteiger partial charge in [0.2, 0.25) is 0 Å².